The third-order valence-corrected chi connectivity index (χ3v) is 5.54. The van der Waals surface area contributed by atoms with E-state index in [1.165, 1.54) is 17.7 Å². The number of carbonyl (C=O) groups excluding carboxylic acids is 1. The minimum absolute atomic E-state index is 0.0513. The number of carbonyl (C=O) groups is 2. The van der Waals surface area contributed by atoms with Gasteiger partial charge in [-0.2, -0.15) is 0 Å². The number of benzene rings is 2. The predicted molar refractivity (Wildman–Crippen MR) is 124 cm³/mol. The Morgan fingerprint density at radius 1 is 0.839 bits per heavy atom. The Balaban J connectivity index is 2.38. The summed E-state index contributed by atoms with van der Waals surface area (Å²) in [5, 5.41) is 9.11. The smallest absolute Gasteiger partial charge is 0.340 e. The predicted octanol–water partition coefficient (Wildman–Crippen LogP) is 6.10. The molecule has 0 saturated heterocycles. The van der Waals surface area contributed by atoms with Crippen LogP contribution in [-0.4, -0.2) is 26.1 Å². The van der Waals surface area contributed by atoms with Gasteiger partial charge >= 0.3 is 11.9 Å². The van der Waals surface area contributed by atoms with Crippen molar-refractivity contribution in [2.24, 2.45) is 0 Å². The van der Waals surface area contributed by atoms with Gasteiger partial charge in [-0.25, -0.2) is 9.59 Å². The fourth-order valence-electron chi connectivity index (χ4n) is 3.27. The molecule has 2 aromatic rings. The van der Waals surface area contributed by atoms with E-state index < -0.39 is 27.3 Å². The van der Waals surface area contributed by atoms with Gasteiger partial charge in [0.25, 0.3) is 0 Å². The Morgan fingerprint density at radius 3 is 1.81 bits per heavy atom. The van der Waals surface area contributed by atoms with Crippen LogP contribution in [0.3, 0.4) is 0 Å². The van der Waals surface area contributed by atoms with Gasteiger partial charge in [0.15, 0.2) is 0 Å². The van der Waals surface area contributed by atoms with E-state index >= 15 is 0 Å². The molecule has 0 saturated carbocycles. The van der Waals surface area contributed by atoms with Crippen molar-refractivity contribution in [3.8, 4) is 0 Å². The van der Waals surface area contributed by atoms with Crippen LogP contribution in [0, 0.1) is 0 Å². The Morgan fingerprint density at radius 2 is 1.35 bits per heavy atom. The number of hydrogen-bond donors (Lipinski definition) is 1. The number of carboxylic acids is 1. The zero-order valence-electron chi connectivity index (χ0n) is 19.7. The van der Waals surface area contributed by atoms with Crippen molar-refractivity contribution in [3.05, 3.63) is 70.3 Å². The lowest BCUT2D eigenvalue weighted by Crippen LogP contribution is -2.24. The van der Waals surface area contributed by atoms with Crippen LogP contribution in [0.5, 0.6) is 0 Å². The molecule has 6 heteroatoms. The lowest BCUT2D eigenvalue weighted by molar-refractivity contribution is -0.0521. The van der Waals surface area contributed by atoms with Crippen LogP contribution >= 0.6 is 0 Å². The summed E-state index contributed by atoms with van der Waals surface area (Å²) in [6, 6.07) is 11.9. The summed E-state index contributed by atoms with van der Waals surface area (Å²) in [6.45, 7) is 16.8. The van der Waals surface area contributed by atoms with E-state index in [0.717, 1.165) is 5.56 Å². The first kappa shape index (κ1) is 24.8. The average Bonchev–Trinajstić information content (AvgIpc) is 2.65. The monoisotopic (exact) mass is 441 g/mol. The van der Waals surface area contributed by atoms with Crippen LogP contribution < -0.4 is 0 Å². The first-order valence-electron chi connectivity index (χ1n) is 10.4. The van der Waals surface area contributed by atoms with Crippen molar-refractivity contribution in [3.63, 3.8) is 0 Å². The number of aromatic carboxylic acids is 1. The highest BCUT2D eigenvalue weighted by Crippen LogP contribution is 2.35. The number of ether oxygens (including phenoxy) is 1. The molecule has 0 bridgehead atoms. The van der Waals surface area contributed by atoms with Crippen molar-refractivity contribution < 1.29 is 23.9 Å². The molecule has 0 aliphatic carbocycles. The van der Waals surface area contributed by atoms with Crippen LogP contribution in [0.25, 0.3) is 0 Å². The maximum absolute atomic E-state index is 13.0. The number of rotatable bonds is 6. The van der Waals surface area contributed by atoms with Gasteiger partial charge in [0, 0.05) is 5.56 Å². The number of hydrogen-bond acceptors (Lipinski definition) is 4. The Labute approximate surface area is 187 Å². The Kier molecular flexibility index (Phi) is 7.50. The fourth-order valence-corrected chi connectivity index (χ4v) is 3.88. The lowest BCUT2D eigenvalue weighted by atomic mass is 9.75. The molecule has 0 fully saturated rings. The first-order valence-corrected chi connectivity index (χ1v) is 12.8. The van der Waals surface area contributed by atoms with E-state index in [0.29, 0.717) is 11.1 Å². The molecule has 31 heavy (non-hydrogen) atoms. The molecule has 2 rings (SSSR count). The molecule has 0 spiro atoms. The van der Waals surface area contributed by atoms with E-state index in [2.05, 4.69) is 41.5 Å². The Bertz CT molecular complexity index is 934. The molecule has 1 N–H and O–H groups in total. The summed E-state index contributed by atoms with van der Waals surface area (Å²) in [5.41, 5.74) is 3.35. The summed E-state index contributed by atoms with van der Waals surface area (Å²) < 4.78 is 11.7. The van der Waals surface area contributed by atoms with E-state index in [-0.39, 0.29) is 16.4 Å². The first-order chi connectivity index (χ1) is 14.2. The summed E-state index contributed by atoms with van der Waals surface area (Å²) in [7, 11) is -1.18. The number of esters is 1. The molecular formula is C25H33O5Si. The third kappa shape index (κ3) is 6.52. The standard InChI is InChI=1S/C25H33O5Si/c1-24(2,3)19-14-13-18(15-20(19)25(4,5)6)22(28)29-23(30-31(7)8)17-11-9-16(10-12-17)21(26)27/h9-15,23H,1-8H3,(H,26,27). The fraction of sp³-hybridized carbons (Fsp3) is 0.440. The van der Waals surface area contributed by atoms with Crippen LogP contribution in [0.15, 0.2) is 42.5 Å². The van der Waals surface area contributed by atoms with Crippen LogP contribution in [0.2, 0.25) is 13.1 Å². The normalized spacial score (nSPS) is 13.2. The van der Waals surface area contributed by atoms with Crippen LogP contribution in [0.1, 0.15) is 85.2 Å². The van der Waals surface area contributed by atoms with Gasteiger partial charge < -0.3 is 14.3 Å². The molecule has 1 radical (unpaired) electrons. The molecule has 2 aromatic carbocycles. The van der Waals surface area contributed by atoms with Gasteiger partial charge in [0.1, 0.15) is 0 Å². The molecule has 0 aliphatic rings. The molecule has 0 aliphatic heterocycles. The zero-order valence-corrected chi connectivity index (χ0v) is 20.7. The van der Waals surface area contributed by atoms with Crippen molar-refractivity contribution in [1.29, 1.82) is 0 Å². The molecule has 1 atom stereocenters. The average molecular weight is 442 g/mol. The van der Waals surface area contributed by atoms with Gasteiger partial charge in [-0.1, -0.05) is 59.7 Å². The van der Waals surface area contributed by atoms with E-state index in [4.69, 9.17) is 14.3 Å². The molecule has 5 nitrogen and oxygen atoms in total. The van der Waals surface area contributed by atoms with Crippen molar-refractivity contribution >= 4 is 21.0 Å². The SMILES string of the molecule is C[Si](C)OC(OC(=O)c1ccc(C(C)(C)C)c(C(C)(C)C)c1)c1ccc(C(=O)O)cc1. The zero-order chi connectivity index (χ0) is 23.6. The van der Waals surface area contributed by atoms with Crippen molar-refractivity contribution in [1.82, 2.24) is 0 Å². The van der Waals surface area contributed by atoms with Crippen molar-refractivity contribution in [2.45, 2.75) is 71.8 Å². The largest absolute Gasteiger partial charge is 0.478 e. The van der Waals surface area contributed by atoms with Gasteiger partial charge in [0.2, 0.25) is 15.3 Å². The molecule has 0 aromatic heterocycles. The maximum atomic E-state index is 13.0. The minimum atomic E-state index is -1.18. The third-order valence-electron chi connectivity index (χ3n) is 4.86. The molecule has 0 heterocycles. The highest BCUT2D eigenvalue weighted by molar-refractivity contribution is 6.48. The maximum Gasteiger partial charge on any atom is 0.340 e. The topological polar surface area (TPSA) is 72.8 Å². The van der Waals surface area contributed by atoms with Gasteiger partial charge in [-0.15, -0.1) is 0 Å². The van der Waals surface area contributed by atoms with E-state index in [1.54, 1.807) is 18.2 Å². The van der Waals surface area contributed by atoms with Gasteiger partial charge in [0.05, 0.1) is 11.1 Å². The molecule has 1 unspecified atom stereocenters. The van der Waals surface area contributed by atoms with Gasteiger partial charge in [-0.05, 0) is 59.3 Å². The summed E-state index contributed by atoms with van der Waals surface area (Å²) >= 11 is 0. The summed E-state index contributed by atoms with van der Waals surface area (Å²) in [4.78, 5) is 24.2. The quantitative estimate of drug-likeness (QED) is 0.333. The number of carboxylic acid groups (broad SMARTS) is 1. The second-order valence-electron chi connectivity index (χ2n) is 9.95. The van der Waals surface area contributed by atoms with E-state index in [1.807, 2.05) is 25.2 Å². The molecule has 0 amide bonds. The minimum Gasteiger partial charge on any atom is -0.478 e. The highest BCUT2D eigenvalue weighted by atomic mass is 28.3. The Hall–Kier alpha value is -2.44. The summed E-state index contributed by atoms with van der Waals surface area (Å²) in [6.07, 6.45) is -0.889. The molecule has 167 valence electrons. The lowest BCUT2D eigenvalue weighted by Gasteiger charge is -2.30. The molecular weight excluding hydrogens is 408 g/mol. The van der Waals surface area contributed by atoms with Gasteiger partial charge in [-0.3, -0.25) is 0 Å². The second kappa shape index (κ2) is 9.36. The van der Waals surface area contributed by atoms with Crippen molar-refractivity contribution in [2.75, 3.05) is 0 Å². The second-order valence-corrected chi connectivity index (χ2v) is 12.0. The van der Waals surface area contributed by atoms with Crippen LogP contribution in [-0.2, 0) is 20.0 Å². The summed E-state index contributed by atoms with van der Waals surface area (Å²) in [5.74, 6) is -1.48. The van der Waals surface area contributed by atoms with E-state index in [9.17, 15) is 9.59 Å². The highest BCUT2D eigenvalue weighted by Gasteiger charge is 2.27. The van der Waals surface area contributed by atoms with Crippen LogP contribution in [0.4, 0.5) is 0 Å².